The van der Waals surface area contributed by atoms with Gasteiger partial charge in [0, 0.05) is 19.5 Å². The number of nitrogens with zero attached hydrogens (tertiary/aromatic N) is 1. The molecule has 1 amide bonds. The van der Waals surface area contributed by atoms with Crippen LogP contribution >= 0.6 is 0 Å². The number of hydrogen-bond donors (Lipinski definition) is 1. The molecular formula is C14H21FN2O. The van der Waals surface area contributed by atoms with Gasteiger partial charge in [0.2, 0.25) is 5.91 Å². The van der Waals surface area contributed by atoms with Gasteiger partial charge in [-0.05, 0) is 31.0 Å². The molecule has 0 aliphatic carbocycles. The van der Waals surface area contributed by atoms with Crippen molar-refractivity contribution in [1.29, 1.82) is 0 Å². The SMILES string of the molecule is CCC(N)CC(=O)N(C)C(C)c1ccc(F)cc1. The van der Waals surface area contributed by atoms with E-state index < -0.39 is 0 Å². The first-order chi connectivity index (χ1) is 8.45. The van der Waals surface area contributed by atoms with Gasteiger partial charge in [-0.1, -0.05) is 19.1 Å². The summed E-state index contributed by atoms with van der Waals surface area (Å²) >= 11 is 0. The van der Waals surface area contributed by atoms with E-state index in [4.69, 9.17) is 5.73 Å². The van der Waals surface area contributed by atoms with Gasteiger partial charge >= 0.3 is 0 Å². The molecular weight excluding hydrogens is 231 g/mol. The zero-order chi connectivity index (χ0) is 13.7. The van der Waals surface area contributed by atoms with Gasteiger partial charge in [0.25, 0.3) is 0 Å². The Bertz CT molecular complexity index is 391. The van der Waals surface area contributed by atoms with Gasteiger partial charge in [0.15, 0.2) is 0 Å². The smallest absolute Gasteiger partial charge is 0.224 e. The maximum Gasteiger partial charge on any atom is 0.224 e. The average molecular weight is 252 g/mol. The summed E-state index contributed by atoms with van der Waals surface area (Å²) in [5, 5.41) is 0. The van der Waals surface area contributed by atoms with Crippen molar-refractivity contribution in [3.8, 4) is 0 Å². The van der Waals surface area contributed by atoms with E-state index in [0.29, 0.717) is 6.42 Å². The summed E-state index contributed by atoms with van der Waals surface area (Å²) < 4.78 is 12.8. The number of amides is 1. The Kier molecular flexibility index (Phi) is 5.28. The standard InChI is InChI=1S/C14H21FN2O/c1-4-13(16)9-14(18)17(3)10(2)11-5-7-12(15)8-6-11/h5-8,10,13H,4,9,16H2,1-3H3. The number of rotatable bonds is 5. The van der Waals surface area contributed by atoms with Gasteiger partial charge in [0.1, 0.15) is 5.82 Å². The fourth-order valence-corrected chi connectivity index (χ4v) is 1.69. The molecule has 2 atom stereocenters. The first kappa shape index (κ1) is 14.6. The number of carbonyl (C=O) groups excluding carboxylic acids is 1. The summed E-state index contributed by atoms with van der Waals surface area (Å²) in [5.74, 6) is -0.255. The molecule has 18 heavy (non-hydrogen) atoms. The van der Waals surface area contributed by atoms with E-state index in [0.717, 1.165) is 12.0 Å². The molecule has 1 aromatic carbocycles. The van der Waals surface area contributed by atoms with Crippen molar-refractivity contribution in [1.82, 2.24) is 4.90 Å². The molecule has 0 aliphatic heterocycles. The largest absolute Gasteiger partial charge is 0.339 e. The quantitative estimate of drug-likeness (QED) is 0.875. The molecule has 1 aromatic rings. The predicted molar refractivity (Wildman–Crippen MR) is 70.5 cm³/mol. The summed E-state index contributed by atoms with van der Waals surface area (Å²) in [6.45, 7) is 3.88. The molecule has 1 rings (SSSR count). The molecule has 0 spiro atoms. The van der Waals surface area contributed by atoms with Crippen LogP contribution < -0.4 is 5.73 Å². The van der Waals surface area contributed by atoms with Crippen molar-refractivity contribution in [3.05, 3.63) is 35.6 Å². The van der Waals surface area contributed by atoms with Crippen LogP contribution in [-0.2, 0) is 4.79 Å². The molecule has 0 aliphatic rings. The maximum absolute atomic E-state index is 12.8. The minimum atomic E-state index is -0.270. The van der Waals surface area contributed by atoms with Crippen molar-refractivity contribution in [2.75, 3.05) is 7.05 Å². The average Bonchev–Trinajstić information content (AvgIpc) is 2.37. The van der Waals surface area contributed by atoms with E-state index >= 15 is 0 Å². The Morgan fingerprint density at radius 2 is 1.94 bits per heavy atom. The third kappa shape index (κ3) is 3.81. The molecule has 0 saturated heterocycles. The Hall–Kier alpha value is -1.42. The van der Waals surface area contributed by atoms with Gasteiger partial charge in [-0.2, -0.15) is 0 Å². The molecule has 3 nitrogen and oxygen atoms in total. The molecule has 0 bridgehead atoms. The van der Waals surface area contributed by atoms with Crippen molar-refractivity contribution in [3.63, 3.8) is 0 Å². The number of nitrogens with two attached hydrogens (primary N) is 1. The van der Waals surface area contributed by atoms with E-state index in [9.17, 15) is 9.18 Å². The van der Waals surface area contributed by atoms with E-state index in [1.165, 1.54) is 12.1 Å². The van der Waals surface area contributed by atoms with Crippen molar-refractivity contribution >= 4 is 5.91 Å². The minimum absolute atomic E-state index is 0.0150. The topological polar surface area (TPSA) is 46.3 Å². The number of carbonyl (C=O) groups is 1. The second-order valence-corrected chi connectivity index (χ2v) is 4.60. The van der Waals surface area contributed by atoms with E-state index in [1.54, 1.807) is 24.1 Å². The van der Waals surface area contributed by atoms with Crippen LogP contribution in [0.5, 0.6) is 0 Å². The Morgan fingerprint density at radius 3 is 2.44 bits per heavy atom. The lowest BCUT2D eigenvalue weighted by atomic mass is 10.1. The van der Waals surface area contributed by atoms with Crippen molar-refractivity contribution in [2.24, 2.45) is 5.73 Å². The normalized spacial score (nSPS) is 14.1. The molecule has 2 N–H and O–H groups in total. The van der Waals surface area contributed by atoms with Crippen molar-refractivity contribution < 1.29 is 9.18 Å². The second kappa shape index (κ2) is 6.50. The molecule has 0 fully saturated rings. The van der Waals surface area contributed by atoms with Gasteiger partial charge in [-0.3, -0.25) is 4.79 Å². The maximum atomic E-state index is 12.8. The number of benzene rings is 1. The van der Waals surface area contributed by atoms with Crippen LogP contribution in [0.4, 0.5) is 4.39 Å². The van der Waals surface area contributed by atoms with Crippen LogP contribution in [-0.4, -0.2) is 23.9 Å². The summed E-state index contributed by atoms with van der Waals surface area (Å²) in [6, 6.07) is 6.03. The first-order valence-electron chi connectivity index (χ1n) is 6.22. The zero-order valence-electron chi connectivity index (χ0n) is 11.2. The van der Waals surface area contributed by atoms with Crippen LogP contribution in [0.2, 0.25) is 0 Å². The van der Waals surface area contributed by atoms with E-state index in [-0.39, 0.29) is 23.8 Å². The van der Waals surface area contributed by atoms with E-state index in [2.05, 4.69) is 0 Å². The Labute approximate surface area is 108 Å². The lowest BCUT2D eigenvalue weighted by Gasteiger charge is -2.26. The fraction of sp³-hybridized carbons (Fsp3) is 0.500. The molecule has 0 radical (unpaired) electrons. The summed E-state index contributed by atoms with van der Waals surface area (Å²) in [4.78, 5) is 13.6. The molecule has 0 saturated carbocycles. The van der Waals surface area contributed by atoms with Crippen LogP contribution in [0, 0.1) is 5.82 Å². The number of halogens is 1. The predicted octanol–water partition coefficient (Wildman–Crippen LogP) is 2.47. The monoisotopic (exact) mass is 252 g/mol. The highest BCUT2D eigenvalue weighted by Crippen LogP contribution is 2.20. The van der Waals surface area contributed by atoms with Crippen LogP contribution in [0.3, 0.4) is 0 Å². The summed E-state index contributed by atoms with van der Waals surface area (Å²) in [6.07, 6.45) is 1.13. The highest BCUT2D eigenvalue weighted by atomic mass is 19.1. The zero-order valence-corrected chi connectivity index (χ0v) is 11.2. The molecule has 0 heterocycles. The van der Waals surface area contributed by atoms with Crippen molar-refractivity contribution in [2.45, 2.75) is 38.8 Å². The molecule has 2 unspecified atom stereocenters. The summed E-state index contributed by atoms with van der Waals surface area (Å²) in [7, 11) is 1.75. The second-order valence-electron chi connectivity index (χ2n) is 4.60. The highest BCUT2D eigenvalue weighted by Gasteiger charge is 2.18. The van der Waals surface area contributed by atoms with Crippen LogP contribution in [0.15, 0.2) is 24.3 Å². The highest BCUT2D eigenvalue weighted by molar-refractivity contribution is 5.77. The first-order valence-corrected chi connectivity index (χ1v) is 6.22. The van der Waals surface area contributed by atoms with Crippen LogP contribution in [0.1, 0.15) is 38.3 Å². The lowest BCUT2D eigenvalue weighted by Crippen LogP contribution is -2.34. The third-order valence-electron chi connectivity index (χ3n) is 3.29. The molecule has 100 valence electrons. The van der Waals surface area contributed by atoms with Gasteiger partial charge < -0.3 is 10.6 Å². The lowest BCUT2D eigenvalue weighted by molar-refractivity contribution is -0.132. The van der Waals surface area contributed by atoms with Gasteiger partial charge in [0.05, 0.1) is 6.04 Å². The van der Waals surface area contributed by atoms with E-state index in [1.807, 2.05) is 13.8 Å². The Morgan fingerprint density at radius 1 is 1.39 bits per heavy atom. The molecule has 4 heteroatoms. The van der Waals surface area contributed by atoms with Crippen LogP contribution in [0.25, 0.3) is 0 Å². The molecule has 0 aromatic heterocycles. The van der Waals surface area contributed by atoms with Gasteiger partial charge in [-0.25, -0.2) is 4.39 Å². The number of hydrogen-bond acceptors (Lipinski definition) is 2. The third-order valence-corrected chi connectivity index (χ3v) is 3.29. The summed E-state index contributed by atoms with van der Waals surface area (Å²) in [5.41, 5.74) is 6.69. The minimum Gasteiger partial charge on any atom is -0.339 e. The Balaban J connectivity index is 2.68. The fourth-order valence-electron chi connectivity index (χ4n) is 1.69. The van der Waals surface area contributed by atoms with Gasteiger partial charge in [-0.15, -0.1) is 0 Å².